The molecule has 0 aromatic carbocycles. The third kappa shape index (κ3) is 3.82. The molecule has 1 aromatic rings. The Bertz CT molecular complexity index is 339. The highest BCUT2D eigenvalue weighted by molar-refractivity contribution is 5.92. The summed E-state index contributed by atoms with van der Waals surface area (Å²) in [4.78, 5) is 7.92. The zero-order chi connectivity index (χ0) is 12.0. The second-order valence-corrected chi connectivity index (χ2v) is 3.24. The van der Waals surface area contributed by atoms with Gasteiger partial charge in [0.15, 0.2) is 0 Å². The Labute approximate surface area is 94.3 Å². The van der Waals surface area contributed by atoms with Gasteiger partial charge in [-0.3, -0.25) is 5.41 Å². The molecule has 0 aliphatic heterocycles. The van der Waals surface area contributed by atoms with E-state index in [1.165, 1.54) is 12.4 Å². The average molecular weight is 224 g/mol. The van der Waals surface area contributed by atoms with Crippen molar-refractivity contribution in [3.05, 3.63) is 18.1 Å². The second kappa shape index (κ2) is 6.02. The third-order valence-electron chi connectivity index (χ3n) is 1.78. The molecule has 6 heteroatoms. The van der Waals surface area contributed by atoms with Gasteiger partial charge in [-0.2, -0.15) is 0 Å². The molecule has 0 fully saturated rings. The van der Waals surface area contributed by atoms with E-state index >= 15 is 0 Å². The summed E-state index contributed by atoms with van der Waals surface area (Å²) in [6.45, 7) is 4.97. The molecule has 0 amide bonds. The summed E-state index contributed by atoms with van der Waals surface area (Å²) in [6, 6.07) is 0. The lowest BCUT2D eigenvalue weighted by molar-refractivity contribution is 0.0631. The van der Waals surface area contributed by atoms with Gasteiger partial charge >= 0.3 is 0 Å². The van der Waals surface area contributed by atoms with Crippen LogP contribution >= 0.6 is 0 Å². The van der Waals surface area contributed by atoms with Crippen molar-refractivity contribution in [1.29, 1.82) is 5.41 Å². The summed E-state index contributed by atoms with van der Waals surface area (Å²) in [7, 11) is 0. The van der Waals surface area contributed by atoms with E-state index in [1.807, 2.05) is 13.8 Å². The highest BCUT2D eigenvalue weighted by atomic mass is 16.5. The normalized spacial score (nSPS) is 12.1. The Hall–Kier alpha value is -1.69. The number of hydrogen-bond donors (Lipinski definition) is 2. The van der Waals surface area contributed by atoms with E-state index in [4.69, 9.17) is 20.6 Å². The van der Waals surface area contributed by atoms with Crippen LogP contribution in [0.3, 0.4) is 0 Å². The predicted octanol–water partition coefficient (Wildman–Crippen LogP) is 0.564. The van der Waals surface area contributed by atoms with Crippen LogP contribution in [0.4, 0.5) is 0 Å². The zero-order valence-corrected chi connectivity index (χ0v) is 9.43. The third-order valence-corrected chi connectivity index (χ3v) is 1.78. The molecule has 1 unspecified atom stereocenters. The molecule has 1 aromatic heterocycles. The zero-order valence-electron chi connectivity index (χ0n) is 9.43. The first-order valence-electron chi connectivity index (χ1n) is 5.04. The standard InChI is InChI=1S/C10H16N4O2/c1-3-15-6-7(2)16-9-5-13-8(4-14-9)10(11)12/h4-5,7H,3,6H2,1-2H3,(H3,11,12). The maximum atomic E-state index is 7.15. The molecule has 3 N–H and O–H groups in total. The molecule has 16 heavy (non-hydrogen) atoms. The summed E-state index contributed by atoms with van der Waals surface area (Å²) in [5.41, 5.74) is 5.59. The molecule has 0 bridgehead atoms. The molecule has 0 spiro atoms. The summed E-state index contributed by atoms with van der Waals surface area (Å²) >= 11 is 0. The van der Waals surface area contributed by atoms with E-state index in [0.717, 1.165) is 0 Å². The van der Waals surface area contributed by atoms with E-state index in [9.17, 15) is 0 Å². The lowest BCUT2D eigenvalue weighted by Gasteiger charge is -2.13. The van der Waals surface area contributed by atoms with E-state index in [2.05, 4.69) is 9.97 Å². The molecule has 88 valence electrons. The van der Waals surface area contributed by atoms with Crippen molar-refractivity contribution >= 4 is 5.84 Å². The van der Waals surface area contributed by atoms with Crippen molar-refractivity contribution in [3.8, 4) is 5.88 Å². The van der Waals surface area contributed by atoms with Crippen LogP contribution in [-0.4, -0.2) is 35.1 Å². The van der Waals surface area contributed by atoms with Crippen molar-refractivity contribution in [2.45, 2.75) is 20.0 Å². The Balaban J connectivity index is 2.51. The van der Waals surface area contributed by atoms with Gasteiger partial charge in [-0.1, -0.05) is 0 Å². The number of rotatable bonds is 6. The van der Waals surface area contributed by atoms with Crippen LogP contribution < -0.4 is 10.5 Å². The van der Waals surface area contributed by atoms with Crippen molar-refractivity contribution < 1.29 is 9.47 Å². The second-order valence-electron chi connectivity index (χ2n) is 3.24. The fourth-order valence-electron chi connectivity index (χ4n) is 1.04. The molecule has 6 nitrogen and oxygen atoms in total. The van der Waals surface area contributed by atoms with E-state index in [1.54, 1.807) is 0 Å². The van der Waals surface area contributed by atoms with Gasteiger partial charge in [-0.15, -0.1) is 0 Å². The van der Waals surface area contributed by atoms with Crippen molar-refractivity contribution in [3.63, 3.8) is 0 Å². The minimum absolute atomic E-state index is 0.0857. The Morgan fingerprint density at radius 1 is 1.50 bits per heavy atom. The lowest BCUT2D eigenvalue weighted by Crippen LogP contribution is -2.20. The average Bonchev–Trinajstić information content (AvgIpc) is 2.27. The largest absolute Gasteiger partial charge is 0.471 e. The molecular weight excluding hydrogens is 208 g/mol. The van der Waals surface area contributed by atoms with Crippen LogP contribution in [0.2, 0.25) is 0 Å². The summed E-state index contributed by atoms with van der Waals surface area (Å²) in [5, 5.41) is 7.15. The summed E-state index contributed by atoms with van der Waals surface area (Å²) < 4.78 is 10.6. The SMILES string of the molecule is CCOCC(C)Oc1cnc(C(=N)N)cn1. The number of nitrogens with zero attached hydrogens (tertiary/aromatic N) is 2. The molecule has 0 aliphatic rings. The number of ether oxygens (including phenoxy) is 2. The van der Waals surface area contributed by atoms with Gasteiger partial charge in [0.2, 0.25) is 5.88 Å². The van der Waals surface area contributed by atoms with Gasteiger partial charge in [0, 0.05) is 6.61 Å². The van der Waals surface area contributed by atoms with E-state index < -0.39 is 0 Å². The van der Waals surface area contributed by atoms with Gasteiger partial charge in [0.1, 0.15) is 17.6 Å². The van der Waals surface area contributed by atoms with E-state index in [0.29, 0.717) is 24.8 Å². The van der Waals surface area contributed by atoms with Crippen molar-refractivity contribution in [2.24, 2.45) is 5.73 Å². The highest BCUT2D eigenvalue weighted by Crippen LogP contribution is 2.06. The van der Waals surface area contributed by atoms with Crippen LogP contribution in [0, 0.1) is 5.41 Å². The molecule has 0 saturated carbocycles. The first-order valence-corrected chi connectivity index (χ1v) is 5.04. The van der Waals surface area contributed by atoms with Crippen LogP contribution in [0.25, 0.3) is 0 Å². The minimum atomic E-state index is -0.110. The monoisotopic (exact) mass is 224 g/mol. The van der Waals surface area contributed by atoms with Gasteiger partial charge in [-0.25, -0.2) is 9.97 Å². The summed E-state index contributed by atoms with van der Waals surface area (Å²) in [6.07, 6.45) is 2.77. The molecule has 1 rings (SSSR count). The molecule has 0 radical (unpaired) electrons. The van der Waals surface area contributed by atoms with Gasteiger partial charge in [-0.05, 0) is 13.8 Å². The number of nitrogens with one attached hydrogen (secondary N) is 1. The van der Waals surface area contributed by atoms with Crippen LogP contribution in [0.15, 0.2) is 12.4 Å². The van der Waals surface area contributed by atoms with Gasteiger partial charge in [0.25, 0.3) is 0 Å². The summed E-state index contributed by atoms with van der Waals surface area (Å²) in [5.74, 6) is 0.290. The predicted molar refractivity (Wildman–Crippen MR) is 59.6 cm³/mol. The molecule has 1 heterocycles. The topological polar surface area (TPSA) is 94.1 Å². The first kappa shape index (κ1) is 12.4. The van der Waals surface area contributed by atoms with Crippen LogP contribution in [-0.2, 0) is 4.74 Å². The van der Waals surface area contributed by atoms with E-state index in [-0.39, 0.29) is 11.9 Å². The molecule has 0 saturated heterocycles. The quantitative estimate of drug-likeness (QED) is 0.544. The fraction of sp³-hybridized carbons (Fsp3) is 0.500. The number of nitrogens with two attached hydrogens (primary N) is 1. The maximum absolute atomic E-state index is 7.15. The Kier molecular flexibility index (Phi) is 4.65. The molecule has 0 aliphatic carbocycles. The molecular formula is C10H16N4O2. The molecule has 1 atom stereocenters. The Morgan fingerprint density at radius 2 is 2.25 bits per heavy atom. The number of nitrogen functional groups attached to an aromatic ring is 1. The number of aromatic nitrogens is 2. The number of amidine groups is 1. The van der Waals surface area contributed by atoms with Gasteiger partial charge in [0.05, 0.1) is 19.0 Å². The first-order chi connectivity index (χ1) is 7.63. The number of hydrogen-bond acceptors (Lipinski definition) is 5. The smallest absolute Gasteiger partial charge is 0.232 e. The lowest BCUT2D eigenvalue weighted by atomic mass is 10.4. The maximum Gasteiger partial charge on any atom is 0.232 e. The van der Waals surface area contributed by atoms with Crippen LogP contribution in [0.1, 0.15) is 19.5 Å². The fourth-order valence-corrected chi connectivity index (χ4v) is 1.04. The minimum Gasteiger partial charge on any atom is -0.471 e. The van der Waals surface area contributed by atoms with Gasteiger partial charge < -0.3 is 15.2 Å². The highest BCUT2D eigenvalue weighted by Gasteiger charge is 2.06. The van der Waals surface area contributed by atoms with Crippen molar-refractivity contribution in [1.82, 2.24) is 9.97 Å². The van der Waals surface area contributed by atoms with Crippen LogP contribution in [0.5, 0.6) is 5.88 Å². The Morgan fingerprint density at radius 3 is 2.75 bits per heavy atom. The van der Waals surface area contributed by atoms with Crippen molar-refractivity contribution in [2.75, 3.05) is 13.2 Å².